The molecule has 32 heavy (non-hydrogen) atoms. The van der Waals surface area contributed by atoms with E-state index in [4.69, 9.17) is 27.9 Å². The van der Waals surface area contributed by atoms with Crippen LogP contribution in [0.5, 0.6) is 0 Å². The number of ether oxygens (including phenoxy) is 1. The van der Waals surface area contributed by atoms with Crippen LogP contribution in [0, 0.1) is 12.8 Å². The van der Waals surface area contributed by atoms with Gasteiger partial charge in [-0.25, -0.2) is 0 Å². The van der Waals surface area contributed by atoms with Crippen LogP contribution in [0.4, 0.5) is 24.5 Å². The molecule has 3 rings (SSSR count). The van der Waals surface area contributed by atoms with E-state index in [0.717, 1.165) is 17.7 Å². The van der Waals surface area contributed by atoms with E-state index in [-0.39, 0.29) is 29.6 Å². The number of halogens is 5. The summed E-state index contributed by atoms with van der Waals surface area (Å²) in [6, 6.07) is 7.54. The second kappa shape index (κ2) is 9.38. The average molecular weight is 489 g/mol. The summed E-state index contributed by atoms with van der Waals surface area (Å²) in [5.41, 5.74) is 0.124. The first-order valence-electron chi connectivity index (χ1n) is 9.35. The molecule has 0 aliphatic carbocycles. The Balaban J connectivity index is 1.57. The zero-order valence-electron chi connectivity index (χ0n) is 16.6. The van der Waals surface area contributed by atoms with Gasteiger partial charge in [0.05, 0.1) is 22.2 Å². The van der Waals surface area contributed by atoms with Crippen molar-refractivity contribution in [3.05, 3.63) is 57.6 Å². The molecular weight excluding hydrogens is 472 g/mol. The molecule has 1 saturated heterocycles. The molecule has 0 aromatic heterocycles. The maximum absolute atomic E-state index is 12.8. The first kappa shape index (κ1) is 23.9. The minimum Gasteiger partial charge on any atom is -0.455 e. The molecule has 0 saturated carbocycles. The first-order valence-corrected chi connectivity index (χ1v) is 10.1. The highest BCUT2D eigenvalue weighted by Crippen LogP contribution is 2.34. The molecule has 6 nitrogen and oxygen atoms in total. The number of carbonyl (C=O) groups excluding carboxylic acids is 3. The van der Waals surface area contributed by atoms with Gasteiger partial charge in [-0.2, -0.15) is 13.2 Å². The number of carbonyl (C=O) groups is 3. The standard InChI is InChI=1S/C21H17Cl2F3N2O4/c1-11-2-4-14(8-16(11)23)28-9-12(6-19(28)30)20(31)32-10-18(29)27-17-7-13(21(24,25)26)3-5-15(17)22/h2-5,7-8,12H,6,9-10H2,1H3,(H,27,29)/t12-/m0/s1. The topological polar surface area (TPSA) is 75.7 Å². The predicted molar refractivity (Wildman–Crippen MR) is 113 cm³/mol. The van der Waals surface area contributed by atoms with Crippen molar-refractivity contribution in [3.63, 3.8) is 0 Å². The van der Waals surface area contributed by atoms with Gasteiger partial charge in [0, 0.05) is 23.7 Å². The zero-order chi connectivity index (χ0) is 23.6. The molecule has 1 aliphatic heterocycles. The third-order valence-corrected chi connectivity index (χ3v) is 5.58. The summed E-state index contributed by atoms with van der Waals surface area (Å²) in [6.45, 7) is 1.13. The number of rotatable bonds is 5. The van der Waals surface area contributed by atoms with Crippen LogP contribution in [0.3, 0.4) is 0 Å². The Morgan fingerprint density at radius 3 is 2.53 bits per heavy atom. The van der Waals surface area contributed by atoms with Crippen molar-refractivity contribution >= 4 is 52.4 Å². The van der Waals surface area contributed by atoms with Gasteiger partial charge in [0.15, 0.2) is 6.61 Å². The minimum absolute atomic E-state index is 0.0537. The molecule has 1 N–H and O–H groups in total. The van der Waals surface area contributed by atoms with Crippen LogP contribution in [0.15, 0.2) is 36.4 Å². The Hall–Kier alpha value is -2.78. The summed E-state index contributed by atoms with van der Waals surface area (Å²) in [4.78, 5) is 38.1. The number of hydrogen-bond acceptors (Lipinski definition) is 4. The van der Waals surface area contributed by atoms with Crippen molar-refractivity contribution < 1.29 is 32.3 Å². The summed E-state index contributed by atoms with van der Waals surface area (Å²) in [5, 5.41) is 2.56. The van der Waals surface area contributed by atoms with Crippen LogP contribution >= 0.6 is 23.2 Å². The molecule has 1 atom stereocenters. The van der Waals surface area contributed by atoms with Gasteiger partial charge >= 0.3 is 12.1 Å². The number of alkyl halides is 3. The maximum Gasteiger partial charge on any atom is 0.416 e. The molecule has 0 unspecified atom stereocenters. The second-order valence-electron chi connectivity index (χ2n) is 7.19. The number of esters is 1. The van der Waals surface area contributed by atoms with Crippen LogP contribution in [-0.4, -0.2) is 30.9 Å². The molecule has 1 heterocycles. The van der Waals surface area contributed by atoms with Gasteiger partial charge in [-0.3, -0.25) is 14.4 Å². The number of anilines is 2. The normalized spacial score (nSPS) is 16.2. The zero-order valence-corrected chi connectivity index (χ0v) is 18.1. The lowest BCUT2D eigenvalue weighted by molar-refractivity contribution is -0.151. The SMILES string of the molecule is Cc1ccc(N2C[C@@H](C(=O)OCC(=O)Nc3cc(C(F)(F)F)ccc3Cl)CC2=O)cc1Cl. The quantitative estimate of drug-likeness (QED) is 0.610. The van der Waals surface area contributed by atoms with Crippen molar-refractivity contribution in [3.8, 4) is 0 Å². The van der Waals surface area contributed by atoms with E-state index in [9.17, 15) is 27.6 Å². The monoisotopic (exact) mass is 488 g/mol. The third kappa shape index (κ3) is 5.52. The van der Waals surface area contributed by atoms with E-state index < -0.39 is 36.1 Å². The van der Waals surface area contributed by atoms with Gasteiger partial charge in [0.2, 0.25) is 5.91 Å². The Labute approximate surface area is 191 Å². The van der Waals surface area contributed by atoms with Gasteiger partial charge in [0.25, 0.3) is 5.91 Å². The van der Waals surface area contributed by atoms with Crippen molar-refractivity contribution in [1.29, 1.82) is 0 Å². The number of nitrogens with one attached hydrogen (secondary N) is 1. The van der Waals surface area contributed by atoms with Crippen LogP contribution in [0.25, 0.3) is 0 Å². The van der Waals surface area contributed by atoms with Gasteiger partial charge in [-0.15, -0.1) is 0 Å². The van der Waals surface area contributed by atoms with Crippen molar-refractivity contribution in [2.24, 2.45) is 5.92 Å². The van der Waals surface area contributed by atoms with Crippen molar-refractivity contribution in [2.45, 2.75) is 19.5 Å². The highest BCUT2D eigenvalue weighted by Gasteiger charge is 2.36. The number of aryl methyl sites for hydroxylation is 1. The molecule has 11 heteroatoms. The third-order valence-electron chi connectivity index (χ3n) is 4.84. The first-order chi connectivity index (χ1) is 15.0. The van der Waals surface area contributed by atoms with E-state index >= 15 is 0 Å². The molecule has 1 fully saturated rings. The highest BCUT2D eigenvalue weighted by molar-refractivity contribution is 6.33. The van der Waals surface area contributed by atoms with Gasteiger partial charge in [-0.05, 0) is 42.8 Å². The molecule has 0 radical (unpaired) electrons. The molecule has 2 aromatic rings. The van der Waals surface area contributed by atoms with Crippen LogP contribution in [-0.2, 0) is 25.3 Å². The lowest BCUT2D eigenvalue weighted by atomic mass is 10.1. The van der Waals surface area contributed by atoms with Gasteiger partial charge < -0.3 is 15.0 Å². The second-order valence-corrected chi connectivity index (χ2v) is 8.00. The van der Waals surface area contributed by atoms with E-state index in [1.54, 1.807) is 18.2 Å². The van der Waals surface area contributed by atoms with E-state index in [0.29, 0.717) is 16.8 Å². The fourth-order valence-corrected chi connectivity index (χ4v) is 3.44. The number of benzene rings is 2. The highest BCUT2D eigenvalue weighted by atomic mass is 35.5. The number of hydrogen-bond donors (Lipinski definition) is 1. The molecule has 170 valence electrons. The Kier molecular flexibility index (Phi) is 7.00. The Morgan fingerprint density at radius 2 is 1.88 bits per heavy atom. The fraction of sp³-hybridized carbons (Fsp3) is 0.286. The molecule has 0 bridgehead atoms. The summed E-state index contributed by atoms with van der Waals surface area (Å²) in [5.74, 6) is -2.74. The Morgan fingerprint density at radius 1 is 1.16 bits per heavy atom. The van der Waals surface area contributed by atoms with Crippen molar-refractivity contribution in [1.82, 2.24) is 0 Å². The molecular formula is C21H17Cl2F3N2O4. The summed E-state index contributed by atoms with van der Waals surface area (Å²) < 4.78 is 43.4. The van der Waals surface area contributed by atoms with Gasteiger partial charge in [-0.1, -0.05) is 29.3 Å². The summed E-state index contributed by atoms with van der Waals surface area (Å²) in [6.07, 6.45) is -4.72. The molecule has 2 aromatic carbocycles. The largest absolute Gasteiger partial charge is 0.455 e. The Bertz CT molecular complexity index is 1080. The van der Waals surface area contributed by atoms with E-state index in [1.807, 2.05) is 6.92 Å². The maximum atomic E-state index is 12.8. The average Bonchev–Trinajstić information content (AvgIpc) is 3.11. The molecule has 0 spiro atoms. The van der Waals surface area contributed by atoms with Crippen LogP contribution in [0.1, 0.15) is 17.5 Å². The fourth-order valence-electron chi connectivity index (χ4n) is 3.10. The van der Waals surface area contributed by atoms with Crippen LogP contribution in [0.2, 0.25) is 10.0 Å². The number of nitrogens with zero attached hydrogens (tertiary/aromatic N) is 1. The van der Waals surface area contributed by atoms with Crippen molar-refractivity contribution in [2.75, 3.05) is 23.4 Å². The van der Waals surface area contributed by atoms with Gasteiger partial charge in [0.1, 0.15) is 0 Å². The summed E-state index contributed by atoms with van der Waals surface area (Å²) >= 11 is 11.9. The van der Waals surface area contributed by atoms with E-state index in [1.165, 1.54) is 4.90 Å². The van der Waals surface area contributed by atoms with E-state index in [2.05, 4.69) is 5.32 Å². The summed E-state index contributed by atoms with van der Waals surface area (Å²) in [7, 11) is 0. The predicted octanol–water partition coefficient (Wildman–Crippen LogP) is 4.86. The lowest BCUT2D eigenvalue weighted by Crippen LogP contribution is -2.28. The molecule has 2 amide bonds. The smallest absolute Gasteiger partial charge is 0.416 e. The van der Waals surface area contributed by atoms with Crippen LogP contribution < -0.4 is 10.2 Å². The molecule has 1 aliphatic rings. The number of amides is 2. The minimum atomic E-state index is -4.61. The lowest BCUT2D eigenvalue weighted by Gasteiger charge is -2.17.